The van der Waals surface area contributed by atoms with E-state index >= 15 is 4.79 Å². The van der Waals surface area contributed by atoms with Gasteiger partial charge in [0.15, 0.2) is 5.60 Å². The molecule has 2 N–H and O–H groups in total. The van der Waals surface area contributed by atoms with Gasteiger partial charge in [-0.25, -0.2) is 4.79 Å². The van der Waals surface area contributed by atoms with Crippen LogP contribution >= 0.6 is 0 Å². The Hall–Kier alpha value is -3.73. The SMILES string of the molecule is CC/C1=C\[C@H](COC(C)=O)C[C@@H](C)[C@H](O)[C@H](C)CCC[C@]2(C)C=C(C)[C@H](C)C[C@]23OC(=O)/C(=C(/O)[C@@]2(CC)[C@@H]4[C@@H](C)[C@@H](OC(C)=O)C[C@H](OC(C)=O)[C@H]4C=C(C)[C@@H]12)C3=O. The maximum atomic E-state index is 15.5. The van der Waals surface area contributed by atoms with E-state index in [1.165, 1.54) is 20.8 Å². The second-order valence-electron chi connectivity index (χ2n) is 19.1. The summed E-state index contributed by atoms with van der Waals surface area (Å²) in [6.45, 7) is 22.1. The number of aliphatic hydroxyl groups is 2. The number of hydrogen-bond acceptors (Lipinski definition) is 11. The molecule has 1 heterocycles. The highest BCUT2D eigenvalue weighted by Gasteiger charge is 2.67. The average Bonchev–Trinajstić information content (AvgIpc) is 3.40. The number of ether oxygens (including phenoxy) is 4. The molecule has 59 heavy (non-hydrogen) atoms. The summed E-state index contributed by atoms with van der Waals surface area (Å²) >= 11 is 0. The van der Waals surface area contributed by atoms with Crippen molar-refractivity contribution in [3.8, 4) is 0 Å². The maximum absolute atomic E-state index is 15.5. The molecule has 2 bridgehead atoms. The van der Waals surface area contributed by atoms with Crippen LogP contribution in [0.5, 0.6) is 0 Å². The molecular formula is C48H70O11. The molecule has 4 aliphatic carbocycles. The second kappa shape index (κ2) is 17.7. The number of hydrogen-bond donors (Lipinski definition) is 2. The number of carbonyl (C=O) groups is 5. The molecule has 5 aliphatic rings. The summed E-state index contributed by atoms with van der Waals surface area (Å²) in [7, 11) is 0. The number of Topliss-reactive ketones (excluding diaryl/α,β-unsaturated/α-hetero) is 1. The lowest BCUT2D eigenvalue weighted by molar-refractivity contribution is -0.177. The van der Waals surface area contributed by atoms with E-state index in [2.05, 4.69) is 18.2 Å². The third-order valence-corrected chi connectivity index (χ3v) is 15.2. The number of carbonyl (C=O) groups excluding carboxylic acids is 5. The smallest absolute Gasteiger partial charge is 0.346 e. The fourth-order valence-electron chi connectivity index (χ4n) is 12.3. The van der Waals surface area contributed by atoms with E-state index in [4.69, 9.17) is 18.9 Å². The van der Waals surface area contributed by atoms with Crippen LogP contribution in [0.3, 0.4) is 0 Å². The van der Waals surface area contributed by atoms with E-state index < -0.39 is 88.1 Å². The van der Waals surface area contributed by atoms with Crippen LogP contribution in [0.25, 0.3) is 0 Å². The number of rotatable bonds is 6. The number of esters is 4. The van der Waals surface area contributed by atoms with Gasteiger partial charge in [0.1, 0.15) is 23.5 Å². The Balaban J connectivity index is 1.89. The third-order valence-electron chi connectivity index (χ3n) is 15.2. The van der Waals surface area contributed by atoms with Crippen LogP contribution in [-0.2, 0) is 42.9 Å². The molecule has 0 aromatic heterocycles. The van der Waals surface area contributed by atoms with Gasteiger partial charge in [0.25, 0.3) is 0 Å². The Morgan fingerprint density at radius 2 is 1.54 bits per heavy atom. The van der Waals surface area contributed by atoms with Crippen molar-refractivity contribution >= 4 is 29.7 Å². The van der Waals surface area contributed by atoms with Crippen LogP contribution in [-0.4, -0.2) is 70.4 Å². The minimum atomic E-state index is -1.57. The van der Waals surface area contributed by atoms with Crippen molar-refractivity contribution in [2.45, 2.75) is 158 Å². The van der Waals surface area contributed by atoms with Crippen molar-refractivity contribution in [2.75, 3.05) is 6.61 Å². The molecule has 0 radical (unpaired) electrons. The van der Waals surface area contributed by atoms with Crippen molar-refractivity contribution in [2.24, 2.45) is 58.2 Å². The zero-order chi connectivity index (χ0) is 43.9. The van der Waals surface area contributed by atoms with E-state index in [0.29, 0.717) is 32.1 Å². The molecule has 0 unspecified atom stereocenters. The predicted octanol–water partition coefficient (Wildman–Crippen LogP) is 8.49. The molecule has 5 rings (SSSR count). The summed E-state index contributed by atoms with van der Waals surface area (Å²) in [6, 6.07) is 0. The lowest BCUT2D eigenvalue weighted by Crippen LogP contribution is -2.58. The van der Waals surface area contributed by atoms with Gasteiger partial charge >= 0.3 is 23.9 Å². The first-order valence-corrected chi connectivity index (χ1v) is 22.0. The van der Waals surface area contributed by atoms with Gasteiger partial charge in [-0.3, -0.25) is 19.2 Å². The normalized spacial score (nSPS) is 42.6. The van der Waals surface area contributed by atoms with Gasteiger partial charge in [-0.05, 0) is 75.5 Å². The largest absolute Gasteiger partial charge is 0.511 e. The fourth-order valence-corrected chi connectivity index (χ4v) is 12.3. The van der Waals surface area contributed by atoms with Gasteiger partial charge in [-0.15, -0.1) is 0 Å². The molecule has 0 aromatic carbocycles. The molecule has 11 heteroatoms. The lowest BCUT2D eigenvalue weighted by atomic mass is 9.46. The van der Waals surface area contributed by atoms with E-state index in [9.17, 15) is 29.4 Å². The average molecular weight is 823 g/mol. The first-order chi connectivity index (χ1) is 27.6. The van der Waals surface area contributed by atoms with E-state index in [0.717, 1.165) is 16.7 Å². The number of allylic oxidation sites excluding steroid dienone is 4. The van der Waals surface area contributed by atoms with E-state index in [-0.39, 0.29) is 60.9 Å². The standard InChI is InChI=1S/C48H70O11/c1-13-35-20-34(24-56-31(9)49)18-27(5)42(52)25(3)16-15-17-46(12)22-28(6)29(7)23-48(46)44(54)39(45(55)59-48)43(53)47(14-2)40(35)26(4)19-36-38(58-33(11)51)21-37(57-32(10)50)30(8)41(36)47/h19-20,22,25,27,29-30,34,36-38,40-42,52-53H,13-18,21,23-24H2,1-12H3/b35-20+,43-39+/t25-,27-,29-,30+,34-,36-,37+,38+,40+,41-,42-,46-,47-,48-/m1/s1. The highest BCUT2D eigenvalue weighted by molar-refractivity contribution is 6.26. The monoisotopic (exact) mass is 822 g/mol. The molecule has 1 saturated heterocycles. The topological polar surface area (TPSA) is 163 Å². The zero-order valence-corrected chi connectivity index (χ0v) is 37.5. The van der Waals surface area contributed by atoms with Crippen molar-refractivity contribution in [3.05, 3.63) is 46.3 Å². The van der Waals surface area contributed by atoms with E-state index in [1.54, 1.807) is 0 Å². The van der Waals surface area contributed by atoms with Crippen molar-refractivity contribution in [3.63, 3.8) is 0 Å². The first-order valence-electron chi connectivity index (χ1n) is 22.0. The van der Waals surface area contributed by atoms with Crippen LogP contribution in [0, 0.1) is 58.2 Å². The van der Waals surface area contributed by atoms with Crippen LogP contribution in [0.1, 0.15) is 134 Å². The van der Waals surface area contributed by atoms with Gasteiger partial charge < -0.3 is 29.2 Å². The molecule has 1 saturated carbocycles. The van der Waals surface area contributed by atoms with Crippen LogP contribution < -0.4 is 0 Å². The highest BCUT2D eigenvalue weighted by Crippen LogP contribution is 2.64. The molecule has 14 atom stereocenters. The van der Waals surface area contributed by atoms with Crippen LogP contribution in [0.4, 0.5) is 0 Å². The molecule has 11 nitrogen and oxygen atoms in total. The highest BCUT2D eigenvalue weighted by atomic mass is 16.6. The lowest BCUT2D eigenvalue weighted by Gasteiger charge is -2.58. The molecule has 0 aromatic rings. The summed E-state index contributed by atoms with van der Waals surface area (Å²) in [4.78, 5) is 67.8. The minimum absolute atomic E-state index is 0.0764. The molecular weight excluding hydrogens is 753 g/mol. The summed E-state index contributed by atoms with van der Waals surface area (Å²) in [5.74, 6) is -5.93. The van der Waals surface area contributed by atoms with Crippen LogP contribution in [0.15, 0.2) is 46.3 Å². The van der Waals surface area contributed by atoms with Crippen molar-refractivity contribution in [1.29, 1.82) is 0 Å². The van der Waals surface area contributed by atoms with Gasteiger partial charge in [0.05, 0.1) is 12.7 Å². The predicted molar refractivity (Wildman–Crippen MR) is 222 cm³/mol. The van der Waals surface area contributed by atoms with Gasteiger partial charge in [-0.2, -0.15) is 0 Å². The number of ketones is 1. The Bertz CT molecular complexity index is 1800. The maximum Gasteiger partial charge on any atom is 0.346 e. The van der Waals surface area contributed by atoms with Crippen LogP contribution in [0.2, 0.25) is 0 Å². The second-order valence-corrected chi connectivity index (χ2v) is 19.1. The zero-order valence-electron chi connectivity index (χ0n) is 37.5. The quantitative estimate of drug-likeness (QED) is 0.114. The van der Waals surface area contributed by atoms with Crippen molar-refractivity contribution < 1.29 is 53.1 Å². The van der Waals surface area contributed by atoms with Gasteiger partial charge in [0.2, 0.25) is 5.78 Å². The summed E-state index contributed by atoms with van der Waals surface area (Å²) in [6.07, 6.45) is 7.75. The van der Waals surface area contributed by atoms with Gasteiger partial charge in [-0.1, -0.05) is 89.8 Å². The molecule has 0 amide bonds. The molecule has 2 fully saturated rings. The van der Waals surface area contributed by atoms with E-state index in [1.807, 2.05) is 62.3 Å². The Labute approximate surface area is 351 Å². The Kier molecular flexibility index (Phi) is 13.9. The minimum Gasteiger partial charge on any atom is -0.511 e. The summed E-state index contributed by atoms with van der Waals surface area (Å²) < 4.78 is 24.1. The summed E-state index contributed by atoms with van der Waals surface area (Å²) in [5.41, 5.74) is -1.34. The fraction of sp³-hybridized carbons (Fsp3) is 0.729. The Morgan fingerprint density at radius 1 is 0.898 bits per heavy atom. The van der Waals surface area contributed by atoms with Gasteiger partial charge in [0, 0.05) is 62.2 Å². The third kappa shape index (κ3) is 8.35. The number of aliphatic hydroxyl groups excluding tert-OH is 2. The Morgan fingerprint density at radius 3 is 2.14 bits per heavy atom. The first kappa shape index (κ1) is 46.3. The molecule has 1 spiro atoms. The van der Waals surface area contributed by atoms with Crippen molar-refractivity contribution in [1.82, 2.24) is 0 Å². The summed E-state index contributed by atoms with van der Waals surface area (Å²) in [5, 5.41) is 25.1. The number of fused-ring (bicyclic) bond motifs is 4. The molecule has 328 valence electrons. The molecule has 1 aliphatic heterocycles.